The maximum Gasteiger partial charge on any atom is 0.338 e. The van der Waals surface area contributed by atoms with Crippen LogP contribution in [0.3, 0.4) is 0 Å². The van der Waals surface area contributed by atoms with E-state index in [0.29, 0.717) is 18.9 Å². The zero-order chi connectivity index (χ0) is 20.3. The summed E-state index contributed by atoms with van der Waals surface area (Å²) < 4.78 is 21.6. The predicted octanol–water partition coefficient (Wildman–Crippen LogP) is 2.91. The first-order valence-corrected chi connectivity index (χ1v) is 9.67. The zero-order valence-electron chi connectivity index (χ0n) is 17.1. The van der Waals surface area contributed by atoms with Crippen molar-refractivity contribution in [2.24, 2.45) is 11.3 Å². The van der Waals surface area contributed by atoms with Gasteiger partial charge < -0.3 is 23.8 Å². The maximum absolute atomic E-state index is 12.4. The van der Waals surface area contributed by atoms with Crippen LogP contribution < -0.4 is 14.2 Å². The first-order valence-electron chi connectivity index (χ1n) is 9.67. The van der Waals surface area contributed by atoms with E-state index in [2.05, 4.69) is 0 Å². The minimum atomic E-state index is -0.470. The topological polar surface area (TPSA) is 74.3 Å². The molecular weight excluding hydrogens is 362 g/mol. The number of nitrogens with zero attached hydrogens (tertiary/aromatic N) is 1. The Morgan fingerprint density at radius 3 is 2.32 bits per heavy atom. The highest BCUT2D eigenvalue weighted by atomic mass is 16.6. The van der Waals surface area contributed by atoms with Crippen LogP contribution in [0.25, 0.3) is 0 Å². The minimum Gasteiger partial charge on any atom is -0.493 e. The van der Waals surface area contributed by atoms with Crippen molar-refractivity contribution in [3.63, 3.8) is 0 Å². The quantitative estimate of drug-likeness (QED) is 0.345. The van der Waals surface area contributed by atoms with Crippen LogP contribution in [0.5, 0.6) is 17.2 Å². The molecule has 7 heteroatoms. The number of rotatable bonds is 10. The molecule has 2 aliphatic rings. The van der Waals surface area contributed by atoms with Crippen LogP contribution in [0.4, 0.5) is 0 Å². The van der Waals surface area contributed by atoms with Crippen LogP contribution >= 0.6 is 0 Å². The summed E-state index contributed by atoms with van der Waals surface area (Å²) in [7, 11) is 6.84. The predicted molar refractivity (Wildman–Crippen MR) is 103 cm³/mol. The Hall–Kier alpha value is -2.28. The van der Waals surface area contributed by atoms with Gasteiger partial charge in [0, 0.05) is 6.54 Å². The molecule has 0 saturated heterocycles. The molecule has 7 nitrogen and oxygen atoms in total. The van der Waals surface area contributed by atoms with Crippen LogP contribution in [0.2, 0.25) is 0 Å². The number of fused-ring (bicyclic) bond motifs is 1. The van der Waals surface area contributed by atoms with Crippen LogP contribution in [0.15, 0.2) is 12.1 Å². The Morgan fingerprint density at radius 2 is 1.86 bits per heavy atom. The van der Waals surface area contributed by atoms with Crippen LogP contribution in [0.1, 0.15) is 42.5 Å². The zero-order valence-corrected chi connectivity index (χ0v) is 17.1. The van der Waals surface area contributed by atoms with E-state index >= 15 is 0 Å². The Bertz CT molecular complexity index is 717. The van der Waals surface area contributed by atoms with Gasteiger partial charge in [-0.15, -0.1) is 0 Å². The second-order valence-electron chi connectivity index (χ2n) is 7.96. The lowest BCUT2D eigenvalue weighted by molar-refractivity contribution is -0.136. The molecular formula is C21H29NO6. The average molecular weight is 391 g/mol. The molecule has 0 radical (unpaired) electrons. The maximum atomic E-state index is 12.4. The van der Waals surface area contributed by atoms with E-state index in [1.807, 2.05) is 19.0 Å². The molecule has 2 atom stereocenters. The van der Waals surface area contributed by atoms with Crippen LogP contribution in [-0.4, -0.2) is 58.3 Å². The molecule has 0 heterocycles. The molecule has 0 bridgehead atoms. The van der Waals surface area contributed by atoms with Crippen molar-refractivity contribution in [3.05, 3.63) is 17.7 Å². The normalized spacial score (nSPS) is 22.1. The summed E-state index contributed by atoms with van der Waals surface area (Å²) in [6, 6.07) is 3.03. The smallest absolute Gasteiger partial charge is 0.338 e. The molecule has 1 aromatic rings. The third kappa shape index (κ3) is 4.41. The third-order valence-corrected chi connectivity index (χ3v) is 5.74. The van der Waals surface area contributed by atoms with Gasteiger partial charge >= 0.3 is 11.9 Å². The summed E-state index contributed by atoms with van der Waals surface area (Å²) in [5, 5.41) is 0. The van der Waals surface area contributed by atoms with Gasteiger partial charge in [-0.3, -0.25) is 4.79 Å². The average Bonchev–Trinajstić information content (AvgIpc) is 3.17. The molecule has 0 N–H and O–H groups in total. The fourth-order valence-electron chi connectivity index (χ4n) is 3.86. The monoisotopic (exact) mass is 391 g/mol. The van der Waals surface area contributed by atoms with Crippen molar-refractivity contribution in [2.75, 3.05) is 41.5 Å². The van der Waals surface area contributed by atoms with Crippen LogP contribution in [-0.2, 0) is 9.53 Å². The Kier molecular flexibility index (Phi) is 6.13. The fraction of sp³-hybridized carbons (Fsp3) is 0.619. The number of esters is 2. The number of carbonyl (C=O) groups excluding carboxylic acids is 2. The van der Waals surface area contributed by atoms with Gasteiger partial charge in [-0.1, -0.05) is 0 Å². The second kappa shape index (κ2) is 8.39. The SMILES string of the molecule is COc1cc(C(=O)OCCCN(C)C)cc(OC)c1OC(=O)CC12CCC1C2. The van der Waals surface area contributed by atoms with Crippen molar-refractivity contribution in [1.82, 2.24) is 4.90 Å². The molecule has 2 aliphatic carbocycles. The molecule has 0 spiro atoms. The number of benzene rings is 1. The Balaban J connectivity index is 1.67. The molecule has 0 aromatic heterocycles. The number of hydrogen-bond acceptors (Lipinski definition) is 7. The van der Waals surface area contributed by atoms with Gasteiger partial charge in [-0.05, 0) is 63.2 Å². The van der Waals surface area contributed by atoms with Gasteiger partial charge in [0.25, 0.3) is 0 Å². The Labute approximate surface area is 165 Å². The van der Waals surface area contributed by atoms with Gasteiger partial charge in [-0.25, -0.2) is 4.79 Å². The number of hydrogen-bond donors (Lipinski definition) is 0. The van der Waals surface area contributed by atoms with E-state index in [1.54, 1.807) is 0 Å². The number of ether oxygens (including phenoxy) is 4. The van der Waals surface area contributed by atoms with E-state index in [9.17, 15) is 9.59 Å². The lowest BCUT2D eigenvalue weighted by Crippen LogP contribution is -2.22. The molecule has 0 amide bonds. The van der Waals surface area contributed by atoms with Gasteiger partial charge in [0.05, 0.1) is 32.8 Å². The van der Waals surface area contributed by atoms with E-state index in [-0.39, 0.29) is 34.2 Å². The van der Waals surface area contributed by atoms with Gasteiger partial charge in [0.15, 0.2) is 11.5 Å². The molecule has 3 rings (SSSR count). The largest absolute Gasteiger partial charge is 0.493 e. The third-order valence-electron chi connectivity index (χ3n) is 5.74. The van der Waals surface area contributed by atoms with Gasteiger partial charge in [0.2, 0.25) is 5.75 Å². The minimum absolute atomic E-state index is 0.174. The Morgan fingerprint density at radius 1 is 1.18 bits per heavy atom. The van der Waals surface area contributed by atoms with Crippen molar-refractivity contribution >= 4 is 11.9 Å². The highest BCUT2D eigenvalue weighted by Gasteiger charge is 2.61. The lowest BCUT2D eigenvalue weighted by atomic mass is 9.82. The van der Waals surface area contributed by atoms with Gasteiger partial charge in [-0.2, -0.15) is 0 Å². The molecule has 2 saturated carbocycles. The summed E-state index contributed by atoms with van der Waals surface area (Å²) in [5.41, 5.74) is 0.464. The molecule has 2 unspecified atom stereocenters. The van der Waals surface area contributed by atoms with E-state index in [1.165, 1.54) is 32.8 Å². The summed E-state index contributed by atoms with van der Waals surface area (Å²) >= 11 is 0. The molecule has 1 aromatic carbocycles. The summed E-state index contributed by atoms with van der Waals surface area (Å²) in [6.07, 6.45) is 4.59. The van der Waals surface area contributed by atoms with E-state index < -0.39 is 5.97 Å². The van der Waals surface area contributed by atoms with E-state index in [4.69, 9.17) is 18.9 Å². The summed E-state index contributed by atoms with van der Waals surface area (Å²) in [6.45, 7) is 1.15. The lowest BCUT2D eigenvalue weighted by Gasteiger charge is -2.24. The number of carbonyl (C=O) groups is 2. The van der Waals surface area contributed by atoms with E-state index in [0.717, 1.165) is 25.8 Å². The van der Waals surface area contributed by atoms with Crippen molar-refractivity contribution in [2.45, 2.75) is 32.1 Å². The highest BCUT2D eigenvalue weighted by molar-refractivity contribution is 5.91. The second-order valence-corrected chi connectivity index (χ2v) is 7.96. The van der Waals surface area contributed by atoms with Crippen LogP contribution in [0, 0.1) is 11.3 Å². The molecule has 154 valence electrons. The summed E-state index contributed by atoms with van der Waals surface area (Å²) in [4.78, 5) is 26.8. The molecule has 28 heavy (non-hydrogen) atoms. The standard InChI is InChI=1S/C21H29NO6/c1-22(2)8-5-9-27-20(24)14-10-16(25-3)19(17(11-14)26-4)28-18(23)13-21-7-6-15(21)12-21/h10-11,15H,5-9,12-13H2,1-4H3. The van der Waals surface area contributed by atoms with Crippen molar-refractivity contribution in [3.8, 4) is 17.2 Å². The van der Waals surface area contributed by atoms with Crippen molar-refractivity contribution < 1.29 is 28.5 Å². The first-order chi connectivity index (χ1) is 13.4. The molecule has 0 aliphatic heterocycles. The number of methoxy groups -OCH3 is 2. The van der Waals surface area contributed by atoms with Crippen molar-refractivity contribution in [1.29, 1.82) is 0 Å². The summed E-state index contributed by atoms with van der Waals surface area (Å²) in [5.74, 6) is 0.665. The first kappa shape index (κ1) is 20.5. The highest BCUT2D eigenvalue weighted by Crippen LogP contribution is 2.69. The fourth-order valence-corrected chi connectivity index (χ4v) is 3.86. The van der Waals surface area contributed by atoms with Gasteiger partial charge in [0.1, 0.15) is 0 Å². The molecule has 2 fully saturated rings.